The molecule has 0 amide bonds. The summed E-state index contributed by atoms with van der Waals surface area (Å²) in [5, 5.41) is 8.46. The van der Waals surface area contributed by atoms with Crippen LogP contribution in [0.25, 0.3) is 0 Å². The molecule has 0 spiro atoms. The molecule has 0 aromatic heterocycles. The molecule has 27 heavy (non-hydrogen) atoms. The van der Waals surface area contributed by atoms with E-state index >= 15 is 0 Å². The highest BCUT2D eigenvalue weighted by Gasteiger charge is 2.21. The van der Waals surface area contributed by atoms with E-state index in [1.165, 1.54) is 82.3 Å². The highest BCUT2D eigenvalue weighted by atomic mass is 14.3. The molecule has 146 valence electrons. The van der Waals surface area contributed by atoms with E-state index in [1.54, 1.807) is 5.56 Å². The number of hydrogen-bond donors (Lipinski definition) is 0. The van der Waals surface area contributed by atoms with Crippen molar-refractivity contribution in [3.8, 4) is 6.07 Å². The van der Waals surface area contributed by atoms with E-state index in [4.69, 9.17) is 5.26 Å². The molecule has 0 heterocycles. The summed E-state index contributed by atoms with van der Waals surface area (Å²) in [7, 11) is 0. The first-order valence-electron chi connectivity index (χ1n) is 11.1. The molecule has 0 radical (unpaired) electrons. The molecule has 1 nitrogen and oxygen atoms in total. The topological polar surface area (TPSA) is 23.8 Å². The third-order valence-electron chi connectivity index (χ3n) is 6.03. The number of nitriles is 1. The van der Waals surface area contributed by atoms with Crippen molar-refractivity contribution in [1.82, 2.24) is 0 Å². The lowest BCUT2D eigenvalue weighted by Gasteiger charge is -2.28. The molecule has 0 atom stereocenters. The Morgan fingerprint density at radius 2 is 1.70 bits per heavy atom. The fourth-order valence-corrected chi connectivity index (χ4v) is 4.28. The molecular formula is C26H37N. The summed E-state index contributed by atoms with van der Waals surface area (Å²) in [5.74, 6) is 1.65. The van der Waals surface area contributed by atoms with E-state index in [0.29, 0.717) is 0 Å². The van der Waals surface area contributed by atoms with Crippen molar-refractivity contribution in [3.63, 3.8) is 0 Å². The molecule has 1 heteroatoms. The summed E-state index contributed by atoms with van der Waals surface area (Å²) in [6, 6.07) is 11.6. The van der Waals surface area contributed by atoms with Crippen LogP contribution in [0.3, 0.4) is 0 Å². The number of unbranched alkanes of at least 4 members (excludes halogenated alkanes) is 4. The van der Waals surface area contributed by atoms with Crippen molar-refractivity contribution in [2.75, 3.05) is 0 Å². The quantitative estimate of drug-likeness (QED) is 0.223. The predicted octanol–water partition coefficient (Wildman–Crippen LogP) is 7.89. The van der Waals surface area contributed by atoms with E-state index in [0.717, 1.165) is 18.3 Å². The average molecular weight is 364 g/mol. The normalized spacial score (nSPS) is 20.3. The van der Waals surface area contributed by atoms with Gasteiger partial charge < -0.3 is 0 Å². The molecule has 0 saturated heterocycles. The predicted molar refractivity (Wildman–Crippen MR) is 117 cm³/mol. The van der Waals surface area contributed by atoms with Crippen LogP contribution in [0.4, 0.5) is 0 Å². The van der Waals surface area contributed by atoms with Gasteiger partial charge in [-0.25, -0.2) is 0 Å². The van der Waals surface area contributed by atoms with Gasteiger partial charge in [-0.2, -0.15) is 5.26 Å². The van der Waals surface area contributed by atoms with Gasteiger partial charge >= 0.3 is 0 Å². The number of nitrogens with zero attached hydrogens (tertiary/aromatic N) is 1. The third-order valence-corrected chi connectivity index (χ3v) is 6.03. The summed E-state index contributed by atoms with van der Waals surface area (Å²) in [5.41, 5.74) is 3.07. The Morgan fingerprint density at radius 3 is 2.41 bits per heavy atom. The fraction of sp³-hybridized carbons (Fsp3) is 0.577. The Hall–Kier alpha value is -1.81. The van der Waals surface area contributed by atoms with Crippen molar-refractivity contribution in [3.05, 3.63) is 59.7 Å². The van der Waals surface area contributed by atoms with Gasteiger partial charge in [-0.3, -0.25) is 0 Å². The first-order valence-corrected chi connectivity index (χ1v) is 11.1. The number of rotatable bonds is 11. The highest BCUT2D eigenvalue weighted by molar-refractivity contribution is 5.26. The van der Waals surface area contributed by atoms with E-state index in [1.807, 2.05) is 18.2 Å². The minimum Gasteiger partial charge on any atom is -0.193 e. The van der Waals surface area contributed by atoms with Crippen LogP contribution in [-0.2, 0) is 6.42 Å². The van der Waals surface area contributed by atoms with Crippen LogP contribution in [-0.4, -0.2) is 0 Å². The molecule has 1 saturated carbocycles. The smallest absolute Gasteiger partial charge is 0.0912 e. The zero-order valence-corrected chi connectivity index (χ0v) is 17.2. The van der Waals surface area contributed by atoms with Gasteiger partial charge in [0.05, 0.1) is 6.07 Å². The molecule has 0 aliphatic heterocycles. The third kappa shape index (κ3) is 8.61. The Morgan fingerprint density at radius 1 is 0.963 bits per heavy atom. The Balaban J connectivity index is 1.66. The molecule has 1 fully saturated rings. The minimum atomic E-state index is 0.772. The first kappa shape index (κ1) is 21.5. The average Bonchev–Trinajstić information content (AvgIpc) is 2.71. The van der Waals surface area contributed by atoms with Crippen molar-refractivity contribution >= 4 is 0 Å². The maximum absolute atomic E-state index is 8.46. The standard InChI is InChI=1S/C26H37N/c1-2-3-4-6-9-12-23-14-18-25(19-15-23)26-20-16-24(17-21-26)13-10-7-5-8-11-22-27/h5,7-8,11,14-15,18-19,24,26H,2-4,6,9-10,12-13,16-17,20-21H2,1H3/b7-5+,11-8+. The number of allylic oxidation sites excluding steroid dienone is 4. The minimum absolute atomic E-state index is 0.772. The summed E-state index contributed by atoms with van der Waals surface area (Å²) in [6.45, 7) is 2.28. The second kappa shape index (κ2) is 13.4. The van der Waals surface area contributed by atoms with Gasteiger partial charge in [0.25, 0.3) is 0 Å². The van der Waals surface area contributed by atoms with Crippen LogP contribution in [0, 0.1) is 17.2 Å². The van der Waals surface area contributed by atoms with Crippen LogP contribution in [0.1, 0.15) is 94.6 Å². The summed E-state index contributed by atoms with van der Waals surface area (Å²) >= 11 is 0. The van der Waals surface area contributed by atoms with E-state index in [9.17, 15) is 0 Å². The lowest BCUT2D eigenvalue weighted by Crippen LogP contribution is -2.13. The number of hydrogen-bond acceptors (Lipinski definition) is 1. The van der Waals surface area contributed by atoms with E-state index < -0.39 is 0 Å². The maximum Gasteiger partial charge on any atom is 0.0912 e. The molecular weight excluding hydrogens is 326 g/mol. The summed E-state index contributed by atoms with van der Waals surface area (Å²) in [4.78, 5) is 0. The molecule has 0 bridgehead atoms. The summed E-state index contributed by atoms with van der Waals surface area (Å²) in [6.07, 6.45) is 23.5. The molecule has 1 aromatic rings. The zero-order chi connectivity index (χ0) is 19.2. The van der Waals surface area contributed by atoms with Gasteiger partial charge in [0.2, 0.25) is 0 Å². The molecule has 1 aromatic carbocycles. The Bertz CT molecular complexity index is 594. The van der Waals surface area contributed by atoms with E-state index in [2.05, 4.69) is 37.3 Å². The Kier molecular flexibility index (Phi) is 10.6. The largest absolute Gasteiger partial charge is 0.193 e. The SMILES string of the molecule is CCCCCCCc1ccc(C2CCC(CC/C=C/C=C/C#N)CC2)cc1. The van der Waals surface area contributed by atoms with E-state index in [-0.39, 0.29) is 0 Å². The van der Waals surface area contributed by atoms with Crippen molar-refractivity contribution < 1.29 is 0 Å². The van der Waals surface area contributed by atoms with Gasteiger partial charge in [-0.05, 0) is 74.3 Å². The maximum atomic E-state index is 8.46. The second-order valence-electron chi connectivity index (χ2n) is 8.12. The van der Waals surface area contributed by atoms with Crippen molar-refractivity contribution in [1.29, 1.82) is 5.26 Å². The lowest BCUT2D eigenvalue weighted by molar-refractivity contribution is 0.312. The molecule has 2 rings (SSSR count). The number of benzene rings is 1. The molecule has 0 unspecified atom stereocenters. The molecule has 1 aliphatic rings. The van der Waals surface area contributed by atoms with Gasteiger partial charge in [-0.15, -0.1) is 0 Å². The summed E-state index contributed by atoms with van der Waals surface area (Å²) < 4.78 is 0. The lowest BCUT2D eigenvalue weighted by atomic mass is 9.77. The number of aryl methyl sites for hydroxylation is 1. The second-order valence-corrected chi connectivity index (χ2v) is 8.12. The van der Waals surface area contributed by atoms with Gasteiger partial charge in [0.15, 0.2) is 0 Å². The van der Waals surface area contributed by atoms with Crippen LogP contribution in [0.2, 0.25) is 0 Å². The Labute approximate surface area is 167 Å². The molecule has 0 N–H and O–H groups in total. The van der Waals surface area contributed by atoms with Gasteiger partial charge in [0, 0.05) is 6.08 Å². The molecule has 1 aliphatic carbocycles. The highest BCUT2D eigenvalue weighted by Crippen LogP contribution is 2.37. The van der Waals surface area contributed by atoms with Gasteiger partial charge in [0.1, 0.15) is 0 Å². The van der Waals surface area contributed by atoms with Crippen molar-refractivity contribution in [2.24, 2.45) is 5.92 Å². The van der Waals surface area contributed by atoms with Crippen molar-refractivity contribution in [2.45, 2.75) is 89.9 Å². The fourth-order valence-electron chi connectivity index (χ4n) is 4.28. The first-order chi connectivity index (χ1) is 13.3. The van der Waals surface area contributed by atoms with Crippen LogP contribution in [0.15, 0.2) is 48.6 Å². The monoisotopic (exact) mass is 363 g/mol. The van der Waals surface area contributed by atoms with Gasteiger partial charge in [-0.1, -0.05) is 75.1 Å². The zero-order valence-electron chi connectivity index (χ0n) is 17.2. The van der Waals surface area contributed by atoms with Crippen LogP contribution in [0.5, 0.6) is 0 Å². The van der Waals surface area contributed by atoms with Crippen LogP contribution < -0.4 is 0 Å². The van der Waals surface area contributed by atoms with Crippen LogP contribution >= 0.6 is 0 Å².